The van der Waals surface area contributed by atoms with E-state index in [0.29, 0.717) is 5.88 Å². The van der Waals surface area contributed by atoms with E-state index < -0.39 is 0 Å². The molecule has 0 amide bonds. The summed E-state index contributed by atoms with van der Waals surface area (Å²) >= 11 is 0. The van der Waals surface area contributed by atoms with Crippen molar-refractivity contribution in [3.8, 4) is 5.88 Å². The lowest BCUT2D eigenvalue weighted by atomic mass is 9.99. The number of nitrogens with one attached hydrogen (secondary N) is 1. The first-order valence-corrected chi connectivity index (χ1v) is 7.11. The van der Waals surface area contributed by atoms with Crippen molar-refractivity contribution < 1.29 is 4.74 Å². The summed E-state index contributed by atoms with van der Waals surface area (Å²) in [6, 6.07) is 14.9. The summed E-state index contributed by atoms with van der Waals surface area (Å²) in [5.74, 6) is 0.714. The normalized spacial score (nSPS) is 12.1. The molecule has 0 saturated heterocycles. The van der Waals surface area contributed by atoms with Gasteiger partial charge in [-0.3, -0.25) is 0 Å². The van der Waals surface area contributed by atoms with E-state index in [4.69, 9.17) is 4.74 Å². The fourth-order valence-electron chi connectivity index (χ4n) is 2.41. The molecule has 0 radical (unpaired) electrons. The molecule has 2 rings (SSSR count). The number of methoxy groups -OCH3 is 1. The third kappa shape index (κ3) is 3.81. The Labute approximate surface area is 121 Å². The molecule has 3 heteroatoms. The molecule has 1 N–H and O–H groups in total. The Morgan fingerprint density at radius 1 is 1.15 bits per heavy atom. The van der Waals surface area contributed by atoms with Crippen molar-refractivity contribution in [3.05, 3.63) is 59.8 Å². The van der Waals surface area contributed by atoms with Gasteiger partial charge in [-0.1, -0.05) is 43.3 Å². The molecule has 0 bridgehead atoms. The van der Waals surface area contributed by atoms with Crippen LogP contribution in [0.2, 0.25) is 0 Å². The highest BCUT2D eigenvalue weighted by Crippen LogP contribution is 2.26. The van der Waals surface area contributed by atoms with Crippen LogP contribution < -0.4 is 10.1 Å². The maximum atomic E-state index is 5.37. The van der Waals surface area contributed by atoms with Gasteiger partial charge in [0.2, 0.25) is 5.88 Å². The molecule has 0 saturated carbocycles. The molecule has 1 aromatic heterocycles. The zero-order valence-corrected chi connectivity index (χ0v) is 12.2. The topological polar surface area (TPSA) is 34.2 Å². The van der Waals surface area contributed by atoms with E-state index >= 15 is 0 Å². The van der Waals surface area contributed by atoms with E-state index in [0.717, 1.165) is 24.9 Å². The Morgan fingerprint density at radius 2 is 1.95 bits per heavy atom. The van der Waals surface area contributed by atoms with E-state index in [1.165, 1.54) is 5.56 Å². The monoisotopic (exact) mass is 270 g/mol. The molecular weight excluding hydrogens is 248 g/mol. The number of hydrogen-bond acceptors (Lipinski definition) is 3. The van der Waals surface area contributed by atoms with Crippen LogP contribution in [0.25, 0.3) is 0 Å². The average molecular weight is 270 g/mol. The second-order valence-electron chi connectivity index (χ2n) is 4.74. The lowest BCUT2D eigenvalue weighted by Crippen LogP contribution is -2.22. The summed E-state index contributed by atoms with van der Waals surface area (Å²) in [6.07, 6.45) is 3.83. The van der Waals surface area contributed by atoms with Crippen molar-refractivity contribution >= 4 is 0 Å². The first-order chi connectivity index (χ1) is 9.85. The average Bonchev–Trinajstić information content (AvgIpc) is 2.52. The Balaban J connectivity index is 2.10. The molecule has 106 valence electrons. The fraction of sp³-hybridized carbons (Fsp3) is 0.353. The summed E-state index contributed by atoms with van der Waals surface area (Å²) in [5.41, 5.74) is 2.49. The highest BCUT2D eigenvalue weighted by molar-refractivity contribution is 5.29. The quantitative estimate of drug-likeness (QED) is 0.837. The smallest absolute Gasteiger partial charge is 0.217 e. The molecule has 1 atom stereocenters. The molecule has 20 heavy (non-hydrogen) atoms. The predicted octanol–water partition coefficient (Wildman–Crippen LogP) is 3.37. The van der Waals surface area contributed by atoms with Gasteiger partial charge in [0.1, 0.15) is 0 Å². The van der Waals surface area contributed by atoms with E-state index in [1.54, 1.807) is 13.3 Å². The zero-order chi connectivity index (χ0) is 14.2. The summed E-state index contributed by atoms with van der Waals surface area (Å²) in [4.78, 5) is 4.29. The SMILES string of the molecule is CCNC(CCc1ccccc1)c1cccnc1OC. The van der Waals surface area contributed by atoms with Crippen LogP contribution in [0, 0.1) is 0 Å². The van der Waals surface area contributed by atoms with E-state index in [1.807, 2.05) is 6.07 Å². The van der Waals surface area contributed by atoms with Crippen molar-refractivity contribution in [2.75, 3.05) is 13.7 Å². The lowest BCUT2D eigenvalue weighted by Gasteiger charge is -2.20. The third-order valence-corrected chi connectivity index (χ3v) is 3.38. The highest BCUT2D eigenvalue weighted by atomic mass is 16.5. The molecular formula is C17H22N2O. The van der Waals surface area contributed by atoms with Gasteiger partial charge in [-0.25, -0.2) is 4.98 Å². The second kappa shape index (κ2) is 7.65. The molecule has 1 unspecified atom stereocenters. The molecule has 0 aliphatic heterocycles. The standard InChI is InChI=1S/C17H22N2O/c1-3-18-16(12-11-14-8-5-4-6-9-14)15-10-7-13-19-17(15)20-2/h4-10,13,16,18H,3,11-12H2,1-2H3. The molecule has 2 aromatic rings. The van der Waals surface area contributed by atoms with Gasteiger partial charge >= 0.3 is 0 Å². The van der Waals surface area contributed by atoms with Gasteiger partial charge < -0.3 is 10.1 Å². The van der Waals surface area contributed by atoms with Gasteiger partial charge in [0.15, 0.2) is 0 Å². The Kier molecular flexibility index (Phi) is 5.56. The number of aryl methyl sites for hydroxylation is 1. The molecule has 1 heterocycles. The van der Waals surface area contributed by atoms with Crippen LogP contribution in [0.15, 0.2) is 48.7 Å². The third-order valence-electron chi connectivity index (χ3n) is 3.38. The zero-order valence-electron chi connectivity index (χ0n) is 12.2. The highest BCUT2D eigenvalue weighted by Gasteiger charge is 2.15. The van der Waals surface area contributed by atoms with Crippen LogP contribution >= 0.6 is 0 Å². The Bertz CT molecular complexity index is 513. The van der Waals surface area contributed by atoms with Crippen molar-refractivity contribution in [1.82, 2.24) is 10.3 Å². The lowest BCUT2D eigenvalue weighted by molar-refractivity contribution is 0.380. The number of benzene rings is 1. The molecule has 0 fully saturated rings. The van der Waals surface area contributed by atoms with E-state index in [2.05, 4.69) is 53.6 Å². The molecule has 0 aliphatic rings. The molecule has 0 spiro atoms. The number of aromatic nitrogens is 1. The minimum atomic E-state index is 0.267. The number of nitrogens with zero attached hydrogens (tertiary/aromatic N) is 1. The summed E-state index contributed by atoms with van der Waals surface area (Å²) < 4.78 is 5.37. The van der Waals surface area contributed by atoms with Crippen molar-refractivity contribution in [3.63, 3.8) is 0 Å². The first-order valence-electron chi connectivity index (χ1n) is 7.11. The molecule has 0 aliphatic carbocycles. The van der Waals surface area contributed by atoms with Gasteiger partial charge in [0.05, 0.1) is 7.11 Å². The summed E-state index contributed by atoms with van der Waals surface area (Å²) in [7, 11) is 1.67. The maximum absolute atomic E-state index is 5.37. The van der Waals surface area contributed by atoms with Crippen LogP contribution in [0.5, 0.6) is 5.88 Å². The second-order valence-corrected chi connectivity index (χ2v) is 4.74. The molecule has 3 nitrogen and oxygen atoms in total. The van der Waals surface area contributed by atoms with Crippen molar-refractivity contribution in [1.29, 1.82) is 0 Å². The fourth-order valence-corrected chi connectivity index (χ4v) is 2.41. The molecule has 1 aromatic carbocycles. The number of rotatable bonds is 7. The Hall–Kier alpha value is -1.87. The largest absolute Gasteiger partial charge is 0.481 e. The van der Waals surface area contributed by atoms with E-state index in [-0.39, 0.29) is 6.04 Å². The van der Waals surface area contributed by atoms with Gasteiger partial charge in [-0.2, -0.15) is 0 Å². The van der Waals surface area contributed by atoms with Gasteiger partial charge in [-0.05, 0) is 31.0 Å². The van der Waals surface area contributed by atoms with Crippen LogP contribution in [-0.2, 0) is 6.42 Å². The minimum Gasteiger partial charge on any atom is -0.481 e. The minimum absolute atomic E-state index is 0.267. The Morgan fingerprint density at radius 3 is 2.65 bits per heavy atom. The van der Waals surface area contributed by atoms with Gasteiger partial charge in [-0.15, -0.1) is 0 Å². The summed E-state index contributed by atoms with van der Waals surface area (Å²) in [5, 5.41) is 3.52. The van der Waals surface area contributed by atoms with Crippen LogP contribution in [-0.4, -0.2) is 18.6 Å². The van der Waals surface area contributed by atoms with Crippen LogP contribution in [0.3, 0.4) is 0 Å². The van der Waals surface area contributed by atoms with E-state index in [9.17, 15) is 0 Å². The van der Waals surface area contributed by atoms with Crippen molar-refractivity contribution in [2.45, 2.75) is 25.8 Å². The van der Waals surface area contributed by atoms with Crippen LogP contribution in [0.1, 0.15) is 30.5 Å². The first kappa shape index (κ1) is 14.5. The van der Waals surface area contributed by atoms with Gasteiger partial charge in [0.25, 0.3) is 0 Å². The van der Waals surface area contributed by atoms with Crippen LogP contribution in [0.4, 0.5) is 0 Å². The maximum Gasteiger partial charge on any atom is 0.217 e. The summed E-state index contributed by atoms with van der Waals surface area (Å²) in [6.45, 7) is 3.05. The number of ether oxygens (including phenoxy) is 1. The number of pyridine rings is 1. The van der Waals surface area contributed by atoms with Crippen molar-refractivity contribution in [2.24, 2.45) is 0 Å². The predicted molar refractivity (Wildman–Crippen MR) is 82.0 cm³/mol. The van der Waals surface area contributed by atoms with Gasteiger partial charge in [0, 0.05) is 17.8 Å². The number of hydrogen-bond donors (Lipinski definition) is 1.